The molecule has 3 rings (SSSR count). The van der Waals surface area contributed by atoms with Gasteiger partial charge in [0.05, 0.1) is 17.1 Å². The molecule has 1 N–H and O–H groups in total. The third kappa shape index (κ3) is 4.14. The highest BCUT2D eigenvalue weighted by Crippen LogP contribution is 2.18. The smallest absolute Gasteiger partial charge is 0.328 e. The molecule has 1 heterocycles. The lowest BCUT2D eigenvalue weighted by molar-refractivity contribution is -0.121. The molecule has 0 aliphatic rings. The van der Waals surface area contributed by atoms with Crippen molar-refractivity contribution in [3.63, 3.8) is 0 Å². The minimum Gasteiger partial charge on any atom is -0.354 e. The molecule has 3 aromatic rings. The second-order valence-electron chi connectivity index (χ2n) is 7.07. The number of nitrogens with one attached hydrogen (secondary N) is 1. The fourth-order valence-corrected chi connectivity index (χ4v) is 3.40. The van der Waals surface area contributed by atoms with Gasteiger partial charge in [0.25, 0.3) is 0 Å². The molecule has 28 heavy (non-hydrogen) atoms. The zero-order valence-corrected chi connectivity index (χ0v) is 16.4. The van der Waals surface area contributed by atoms with Gasteiger partial charge in [-0.25, -0.2) is 9.18 Å². The Morgan fingerprint density at radius 2 is 1.86 bits per heavy atom. The average molecular weight is 384 g/mol. The first kappa shape index (κ1) is 19.8. The predicted octanol–water partition coefficient (Wildman–Crippen LogP) is 2.29. The predicted molar refractivity (Wildman–Crippen MR) is 108 cm³/mol. The van der Waals surface area contributed by atoms with Gasteiger partial charge in [-0.15, -0.1) is 0 Å². The van der Waals surface area contributed by atoms with E-state index in [1.165, 1.54) is 12.1 Å². The number of imidazole rings is 1. The average Bonchev–Trinajstić information content (AvgIpc) is 2.91. The number of nitrogens with zero attached hydrogens (tertiary/aromatic N) is 3. The van der Waals surface area contributed by atoms with Crippen molar-refractivity contribution >= 4 is 16.9 Å². The monoisotopic (exact) mass is 384 g/mol. The number of hydrogen-bond donors (Lipinski definition) is 1. The summed E-state index contributed by atoms with van der Waals surface area (Å²) in [5.74, 6) is -0.450. The molecular formula is C21H25FN4O2. The van der Waals surface area contributed by atoms with Crippen molar-refractivity contribution in [2.24, 2.45) is 7.05 Å². The number of fused-ring (bicyclic) bond motifs is 1. The van der Waals surface area contributed by atoms with Crippen molar-refractivity contribution in [3.05, 3.63) is 70.4 Å². The summed E-state index contributed by atoms with van der Waals surface area (Å²) < 4.78 is 16.7. The van der Waals surface area contributed by atoms with E-state index in [9.17, 15) is 14.0 Å². The van der Waals surface area contributed by atoms with E-state index >= 15 is 0 Å². The number of para-hydroxylation sites is 2. The number of hydrogen-bond acceptors (Lipinski definition) is 3. The lowest BCUT2D eigenvalue weighted by atomic mass is 10.1. The summed E-state index contributed by atoms with van der Waals surface area (Å²) in [5.41, 5.74) is 2.32. The Morgan fingerprint density at radius 3 is 2.54 bits per heavy atom. The van der Waals surface area contributed by atoms with E-state index in [2.05, 4.69) is 5.32 Å². The Balaban J connectivity index is 1.65. The molecular weight excluding hydrogens is 359 g/mol. The Hall–Kier alpha value is -2.93. The van der Waals surface area contributed by atoms with Gasteiger partial charge in [-0.2, -0.15) is 0 Å². The molecule has 0 spiro atoms. The van der Waals surface area contributed by atoms with Gasteiger partial charge in [-0.3, -0.25) is 13.9 Å². The molecule has 148 valence electrons. The zero-order valence-electron chi connectivity index (χ0n) is 16.4. The third-order valence-electron chi connectivity index (χ3n) is 4.96. The quantitative estimate of drug-likeness (QED) is 0.680. The van der Waals surface area contributed by atoms with E-state index in [4.69, 9.17) is 0 Å². The van der Waals surface area contributed by atoms with Crippen LogP contribution in [0.3, 0.4) is 0 Å². The third-order valence-corrected chi connectivity index (χ3v) is 4.96. The van der Waals surface area contributed by atoms with Gasteiger partial charge in [0, 0.05) is 26.6 Å². The maximum atomic E-state index is 13.5. The van der Waals surface area contributed by atoms with Crippen LogP contribution in [0.15, 0.2) is 53.3 Å². The molecule has 1 atom stereocenters. The summed E-state index contributed by atoms with van der Waals surface area (Å²) in [7, 11) is 5.50. The largest absolute Gasteiger partial charge is 0.354 e. The number of rotatable bonds is 7. The number of carbonyl (C=O) groups excluding carboxylic acids is 1. The minimum absolute atomic E-state index is 0.139. The summed E-state index contributed by atoms with van der Waals surface area (Å²) in [6, 6.07) is 13.8. The van der Waals surface area contributed by atoms with Crippen molar-refractivity contribution in [1.29, 1.82) is 0 Å². The van der Waals surface area contributed by atoms with E-state index in [0.717, 1.165) is 16.6 Å². The standard InChI is InChI=1S/C21H25FN4O2/c1-24(2)19(15-7-6-8-16(22)13-15)14-23-20(27)11-12-26-18-10-5-4-9-17(18)25(3)21(26)28/h4-10,13,19H,11-12,14H2,1-3H3,(H,23,27)/t19-/m0/s1. The lowest BCUT2D eigenvalue weighted by Crippen LogP contribution is -2.35. The Labute approximate surface area is 163 Å². The summed E-state index contributed by atoms with van der Waals surface area (Å²) in [6.07, 6.45) is 0.192. The Bertz CT molecular complexity index is 1040. The maximum Gasteiger partial charge on any atom is 0.328 e. The molecule has 0 saturated heterocycles. The molecule has 6 nitrogen and oxygen atoms in total. The number of amides is 1. The van der Waals surface area contributed by atoms with Gasteiger partial charge >= 0.3 is 5.69 Å². The number of aromatic nitrogens is 2. The molecule has 0 unspecified atom stereocenters. The first-order valence-corrected chi connectivity index (χ1v) is 9.21. The van der Waals surface area contributed by atoms with Crippen LogP contribution >= 0.6 is 0 Å². The normalized spacial score (nSPS) is 12.5. The van der Waals surface area contributed by atoms with Crippen molar-refractivity contribution in [3.8, 4) is 0 Å². The number of benzene rings is 2. The number of halogens is 1. The lowest BCUT2D eigenvalue weighted by Gasteiger charge is -2.25. The van der Waals surface area contributed by atoms with Crippen LogP contribution in [0.4, 0.5) is 4.39 Å². The van der Waals surface area contributed by atoms with Gasteiger partial charge in [-0.05, 0) is 43.9 Å². The highest BCUT2D eigenvalue weighted by Gasteiger charge is 2.16. The number of likely N-dealkylation sites (N-methyl/N-ethyl adjacent to an activating group) is 1. The molecule has 0 bridgehead atoms. The molecule has 0 aliphatic heterocycles. The van der Waals surface area contributed by atoms with Crippen LogP contribution in [-0.2, 0) is 18.4 Å². The zero-order chi connectivity index (χ0) is 20.3. The minimum atomic E-state index is -0.300. The van der Waals surface area contributed by atoms with E-state index in [-0.39, 0.29) is 29.9 Å². The highest BCUT2D eigenvalue weighted by atomic mass is 19.1. The topological polar surface area (TPSA) is 59.3 Å². The molecule has 1 amide bonds. The number of carbonyl (C=O) groups is 1. The highest BCUT2D eigenvalue weighted by molar-refractivity contribution is 5.78. The summed E-state index contributed by atoms with van der Waals surface area (Å²) in [6.45, 7) is 0.665. The van der Waals surface area contributed by atoms with E-state index in [1.54, 1.807) is 22.2 Å². The number of aryl methyl sites for hydroxylation is 2. The van der Waals surface area contributed by atoms with E-state index in [1.807, 2.05) is 49.3 Å². The van der Waals surface area contributed by atoms with Gasteiger partial charge < -0.3 is 10.2 Å². The SMILES string of the molecule is CN(C)[C@@H](CNC(=O)CCn1c(=O)n(C)c2ccccc21)c1cccc(F)c1. The van der Waals surface area contributed by atoms with Crippen molar-refractivity contribution < 1.29 is 9.18 Å². The second kappa shape index (κ2) is 8.39. The van der Waals surface area contributed by atoms with Gasteiger partial charge in [0.2, 0.25) is 5.91 Å². The summed E-state index contributed by atoms with van der Waals surface area (Å²) in [5, 5.41) is 2.90. The Kier molecular flexibility index (Phi) is 5.94. The van der Waals surface area contributed by atoms with Crippen LogP contribution < -0.4 is 11.0 Å². The molecule has 0 aliphatic carbocycles. The first-order chi connectivity index (χ1) is 13.4. The van der Waals surface area contributed by atoms with Crippen LogP contribution in [0.25, 0.3) is 11.0 Å². The molecule has 0 saturated carbocycles. The molecule has 7 heteroatoms. The van der Waals surface area contributed by atoms with Crippen LogP contribution in [0.1, 0.15) is 18.0 Å². The molecule has 2 aromatic carbocycles. The fraction of sp³-hybridized carbons (Fsp3) is 0.333. The van der Waals surface area contributed by atoms with Gasteiger partial charge in [-0.1, -0.05) is 24.3 Å². The van der Waals surface area contributed by atoms with Crippen molar-refractivity contribution in [2.75, 3.05) is 20.6 Å². The summed E-state index contributed by atoms with van der Waals surface area (Å²) >= 11 is 0. The van der Waals surface area contributed by atoms with Gasteiger partial charge in [0.1, 0.15) is 5.82 Å². The fourth-order valence-electron chi connectivity index (χ4n) is 3.40. The van der Waals surface area contributed by atoms with Crippen molar-refractivity contribution in [1.82, 2.24) is 19.4 Å². The van der Waals surface area contributed by atoms with Gasteiger partial charge in [0.15, 0.2) is 0 Å². The second-order valence-corrected chi connectivity index (χ2v) is 7.07. The van der Waals surface area contributed by atoms with E-state index < -0.39 is 0 Å². The van der Waals surface area contributed by atoms with Crippen LogP contribution in [0, 0.1) is 5.82 Å². The molecule has 1 aromatic heterocycles. The Morgan fingerprint density at radius 1 is 1.14 bits per heavy atom. The van der Waals surface area contributed by atoms with Crippen LogP contribution in [-0.4, -0.2) is 40.6 Å². The maximum absolute atomic E-state index is 13.5. The van der Waals surface area contributed by atoms with Crippen LogP contribution in [0.5, 0.6) is 0 Å². The van der Waals surface area contributed by atoms with E-state index in [0.29, 0.717) is 13.1 Å². The first-order valence-electron chi connectivity index (χ1n) is 9.21. The van der Waals surface area contributed by atoms with Crippen molar-refractivity contribution in [2.45, 2.75) is 19.0 Å². The molecule has 0 fully saturated rings. The summed E-state index contributed by atoms with van der Waals surface area (Å²) in [4.78, 5) is 26.7. The van der Waals surface area contributed by atoms with Crippen LogP contribution in [0.2, 0.25) is 0 Å². The molecule has 0 radical (unpaired) electrons.